The van der Waals surface area contributed by atoms with Crippen LogP contribution in [0.2, 0.25) is 0 Å². The SMILES string of the molecule is CCC(O)(O)OS(=O)(=O)O. The smallest absolute Gasteiger partial charge is 0.343 e. The minimum absolute atomic E-state index is 0.368. The second kappa shape index (κ2) is 2.81. The second-order valence-corrected chi connectivity index (χ2v) is 2.63. The van der Waals surface area contributed by atoms with E-state index in [1.54, 1.807) is 0 Å². The van der Waals surface area contributed by atoms with Crippen molar-refractivity contribution in [3.8, 4) is 0 Å². The molecule has 0 radical (unpaired) electrons. The number of aliphatic hydroxyl groups is 2. The molecule has 0 aliphatic rings. The summed E-state index contributed by atoms with van der Waals surface area (Å²) in [5, 5.41) is 16.9. The molecule has 7 heteroatoms. The van der Waals surface area contributed by atoms with Crippen molar-refractivity contribution in [3.05, 3.63) is 0 Å². The molecule has 0 saturated heterocycles. The van der Waals surface area contributed by atoms with E-state index in [0.717, 1.165) is 0 Å². The summed E-state index contributed by atoms with van der Waals surface area (Å²) in [6.45, 7) is 1.27. The maximum Gasteiger partial charge on any atom is 0.401 e. The van der Waals surface area contributed by atoms with Crippen molar-refractivity contribution in [3.63, 3.8) is 0 Å². The van der Waals surface area contributed by atoms with Gasteiger partial charge in [-0.05, 0) is 0 Å². The van der Waals surface area contributed by atoms with Gasteiger partial charge in [0.1, 0.15) is 0 Å². The molecule has 0 bridgehead atoms. The third kappa shape index (κ3) is 4.65. The van der Waals surface area contributed by atoms with Gasteiger partial charge in [0, 0.05) is 6.42 Å². The van der Waals surface area contributed by atoms with Gasteiger partial charge in [-0.25, -0.2) is 0 Å². The molecular formula is C3H8O6S. The first kappa shape index (κ1) is 9.79. The molecule has 0 aromatic carbocycles. The Kier molecular flexibility index (Phi) is 2.75. The van der Waals surface area contributed by atoms with Crippen LogP contribution in [-0.4, -0.2) is 29.2 Å². The van der Waals surface area contributed by atoms with Gasteiger partial charge in [-0.2, -0.15) is 12.6 Å². The molecule has 0 heterocycles. The Morgan fingerprint density at radius 3 is 2.00 bits per heavy atom. The van der Waals surface area contributed by atoms with Crippen LogP contribution < -0.4 is 0 Å². The van der Waals surface area contributed by atoms with Crippen molar-refractivity contribution in [1.29, 1.82) is 0 Å². The average Bonchev–Trinajstić information content (AvgIpc) is 1.60. The van der Waals surface area contributed by atoms with Gasteiger partial charge in [0.2, 0.25) is 0 Å². The van der Waals surface area contributed by atoms with E-state index in [1.807, 2.05) is 0 Å². The molecule has 6 nitrogen and oxygen atoms in total. The zero-order valence-electron chi connectivity index (χ0n) is 5.18. The van der Waals surface area contributed by atoms with Gasteiger partial charge in [0.15, 0.2) is 0 Å². The predicted molar refractivity (Wildman–Crippen MR) is 30.1 cm³/mol. The molecule has 3 N–H and O–H groups in total. The van der Waals surface area contributed by atoms with Crippen molar-refractivity contribution in [1.82, 2.24) is 0 Å². The molecule has 0 fully saturated rings. The van der Waals surface area contributed by atoms with Crippen LogP contribution in [0.5, 0.6) is 0 Å². The van der Waals surface area contributed by atoms with Crippen LogP contribution in [0.15, 0.2) is 0 Å². The number of rotatable bonds is 3. The van der Waals surface area contributed by atoms with Crippen molar-refractivity contribution < 1.29 is 27.4 Å². The Bertz CT molecular complexity index is 191. The molecule has 0 aliphatic carbocycles. The van der Waals surface area contributed by atoms with E-state index in [9.17, 15) is 8.42 Å². The van der Waals surface area contributed by atoms with E-state index in [1.165, 1.54) is 6.92 Å². The van der Waals surface area contributed by atoms with Gasteiger partial charge in [-0.1, -0.05) is 6.92 Å². The van der Waals surface area contributed by atoms with Gasteiger partial charge < -0.3 is 10.2 Å². The molecule has 0 unspecified atom stereocenters. The minimum atomic E-state index is -4.79. The summed E-state index contributed by atoms with van der Waals surface area (Å²) in [7, 11) is -4.79. The van der Waals surface area contributed by atoms with Crippen LogP contribution in [0, 0.1) is 0 Å². The fourth-order valence-electron chi connectivity index (χ4n) is 0.228. The molecule has 0 rings (SSSR count). The van der Waals surface area contributed by atoms with Crippen LogP contribution in [0.4, 0.5) is 0 Å². The quantitative estimate of drug-likeness (QED) is 0.367. The van der Waals surface area contributed by atoms with Gasteiger partial charge in [0.25, 0.3) is 5.97 Å². The molecule has 0 spiro atoms. The number of hydrogen-bond donors (Lipinski definition) is 3. The van der Waals surface area contributed by atoms with E-state index in [-0.39, 0.29) is 6.42 Å². The van der Waals surface area contributed by atoms with Crippen LogP contribution in [0.3, 0.4) is 0 Å². The molecule has 0 aliphatic heterocycles. The van der Waals surface area contributed by atoms with Crippen molar-refractivity contribution in [2.45, 2.75) is 19.3 Å². The summed E-state index contributed by atoms with van der Waals surface area (Å²) in [6, 6.07) is 0. The van der Waals surface area contributed by atoms with E-state index >= 15 is 0 Å². The van der Waals surface area contributed by atoms with Crippen LogP contribution in [0.25, 0.3) is 0 Å². The lowest BCUT2D eigenvalue weighted by atomic mass is 10.4. The van der Waals surface area contributed by atoms with Crippen molar-refractivity contribution in [2.24, 2.45) is 0 Å². The fourth-order valence-corrected chi connectivity index (χ4v) is 0.683. The Balaban J connectivity index is 4.16. The number of hydrogen-bond acceptors (Lipinski definition) is 5. The van der Waals surface area contributed by atoms with E-state index < -0.39 is 16.4 Å². The molecule has 0 saturated carbocycles. The standard InChI is InChI=1S/C3H8O6S/c1-2-3(4,5)9-10(6,7)8/h4-5H,2H2,1H3,(H,6,7,8). The van der Waals surface area contributed by atoms with Crippen LogP contribution in [-0.2, 0) is 14.6 Å². The highest BCUT2D eigenvalue weighted by Crippen LogP contribution is 2.09. The Morgan fingerprint density at radius 1 is 1.50 bits per heavy atom. The molecular weight excluding hydrogens is 164 g/mol. The van der Waals surface area contributed by atoms with E-state index in [4.69, 9.17) is 14.8 Å². The van der Waals surface area contributed by atoms with Gasteiger partial charge >= 0.3 is 10.4 Å². The molecule has 0 amide bonds. The monoisotopic (exact) mass is 172 g/mol. The summed E-state index contributed by atoms with van der Waals surface area (Å²) in [5.41, 5.74) is 0. The maximum atomic E-state index is 9.82. The summed E-state index contributed by atoms with van der Waals surface area (Å²) in [5.74, 6) is -2.81. The van der Waals surface area contributed by atoms with Gasteiger partial charge in [-0.15, -0.1) is 0 Å². The first-order valence-electron chi connectivity index (χ1n) is 2.39. The topological polar surface area (TPSA) is 104 Å². The largest absolute Gasteiger partial charge is 0.401 e. The van der Waals surface area contributed by atoms with Crippen molar-refractivity contribution >= 4 is 10.4 Å². The second-order valence-electron chi connectivity index (χ2n) is 1.61. The minimum Gasteiger partial charge on any atom is -0.343 e. The fraction of sp³-hybridized carbons (Fsp3) is 1.00. The first-order chi connectivity index (χ1) is 4.27. The van der Waals surface area contributed by atoms with Crippen LogP contribution in [0.1, 0.15) is 13.3 Å². The summed E-state index contributed by atoms with van der Waals surface area (Å²) in [6.07, 6.45) is -0.368. The lowest BCUT2D eigenvalue weighted by molar-refractivity contribution is -0.293. The maximum absolute atomic E-state index is 9.82. The third-order valence-electron chi connectivity index (χ3n) is 0.699. The van der Waals surface area contributed by atoms with Gasteiger partial charge in [0.05, 0.1) is 0 Å². The van der Waals surface area contributed by atoms with Crippen molar-refractivity contribution in [2.75, 3.05) is 0 Å². The highest BCUT2D eigenvalue weighted by molar-refractivity contribution is 7.80. The Morgan fingerprint density at radius 2 is 1.90 bits per heavy atom. The lowest BCUT2D eigenvalue weighted by Gasteiger charge is -2.15. The molecule has 62 valence electrons. The van der Waals surface area contributed by atoms with Crippen LogP contribution >= 0.6 is 0 Å². The third-order valence-corrected chi connectivity index (χ3v) is 1.18. The highest BCUT2D eigenvalue weighted by atomic mass is 32.3. The highest BCUT2D eigenvalue weighted by Gasteiger charge is 2.27. The molecule has 10 heavy (non-hydrogen) atoms. The van der Waals surface area contributed by atoms with E-state index in [2.05, 4.69) is 4.18 Å². The summed E-state index contributed by atoms with van der Waals surface area (Å²) < 4.78 is 31.0. The summed E-state index contributed by atoms with van der Waals surface area (Å²) >= 11 is 0. The predicted octanol–water partition coefficient (Wildman–Crippen LogP) is -1.15. The summed E-state index contributed by atoms with van der Waals surface area (Å²) in [4.78, 5) is 0. The normalized spacial score (nSPS) is 13.6. The molecule has 0 aromatic rings. The Hall–Kier alpha value is -0.210. The average molecular weight is 172 g/mol. The first-order valence-corrected chi connectivity index (χ1v) is 3.76. The zero-order chi connectivity index (χ0) is 8.41. The zero-order valence-corrected chi connectivity index (χ0v) is 6.00. The van der Waals surface area contributed by atoms with Gasteiger partial charge in [-0.3, -0.25) is 4.55 Å². The Labute approximate surface area is 58.0 Å². The molecule has 0 aromatic heterocycles. The lowest BCUT2D eigenvalue weighted by Crippen LogP contribution is -2.33. The molecule has 0 atom stereocenters. The van der Waals surface area contributed by atoms with E-state index in [0.29, 0.717) is 0 Å².